The van der Waals surface area contributed by atoms with Gasteiger partial charge in [-0.3, -0.25) is 10.1 Å². The summed E-state index contributed by atoms with van der Waals surface area (Å²) in [6.45, 7) is -0.837. The Balaban J connectivity index is 1.87. The van der Waals surface area contributed by atoms with Crippen LogP contribution < -0.4 is 10.1 Å². The van der Waals surface area contributed by atoms with Gasteiger partial charge in [-0.1, -0.05) is 12.1 Å². The minimum absolute atomic E-state index is 0.138. The van der Waals surface area contributed by atoms with Gasteiger partial charge in [0.05, 0.1) is 4.87 Å². The fourth-order valence-electron chi connectivity index (χ4n) is 2.22. The zero-order valence-corrected chi connectivity index (χ0v) is 12.3. The van der Waals surface area contributed by atoms with E-state index in [0.717, 1.165) is 18.4 Å². The summed E-state index contributed by atoms with van der Waals surface area (Å²) in [5.74, 6) is -0.147. The van der Waals surface area contributed by atoms with Gasteiger partial charge in [-0.25, -0.2) is 0 Å². The predicted octanol–water partition coefficient (Wildman–Crippen LogP) is 2.73. The number of thioether (sulfide) groups is 1. The van der Waals surface area contributed by atoms with Gasteiger partial charge in [-0.15, -0.1) is 11.8 Å². The number of benzene rings is 1. The first kappa shape index (κ1) is 16.0. The Morgan fingerprint density at radius 1 is 1.52 bits per heavy atom. The van der Waals surface area contributed by atoms with Gasteiger partial charge >= 0.3 is 12.6 Å². The topological polar surface area (TPSA) is 58.6 Å². The second-order valence-electron chi connectivity index (χ2n) is 5.10. The molecule has 1 aliphatic rings. The lowest BCUT2D eigenvalue weighted by atomic mass is 10.1. The molecule has 2 atom stereocenters. The summed E-state index contributed by atoms with van der Waals surface area (Å²) in [5.41, 5.74) is 0.999. The molecule has 1 saturated heterocycles. The van der Waals surface area contributed by atoms with Crippen molar-refractivity contribution in [2.45, 2.75) is 37.3 Å². The zero-order chi connectivity index (χ0) is 15.5. The number of alkyl halides is 2. The summed E-state index contributed by atoms with van der Waals surface area (Å²) in [7, 11) is 0. The average Bonchev–Trinajstić information content (AvgIpc) is 2.81. The molecule has 7 heteroatoms. The molecule has 1 heterocycles. The summed E-state index contributed by atoms with van der Waals surface area (Å²) in [6, 6.07) is 6.00. The monoisotopic (exact) mass is 317 g/mol. The molecule has 0 spiro atoms. The quantitative estimate of drug-likeness (QED) is 0.845. The van der Waals surface area contributed by atoms with Crippen LogP contribution in [0.25, 0.3) is 0 Å². The maximum atomic E-state index is 12.0. The summed E-state index contributed by atoms with van der Waals surface area (Å²) in [5, 5.41) is 12.1. The van der Waals surface area contributed by atoms with Gasteiger partial charge in [-0.2, -0.15) is 8.78 Å². The molecule has 2 rings (SSSR count). The lowest BCUT2D eigenvalue weighted by Crippen LogP contribution is -2.43. The third-order valence-electron chi connectivity index (χ3n) is 3.39. The van der Waals surface area contributed by atoms with Crippen LogP contribution >= 0.6 is 11.8 Å². The molecule has 0 aromatic heterocycles. The molecule has 1 aliphatic heterocycles. The first-order valence-electron chi connectivity index (χ1n) is 6.56. The Hall–Kier alpha value is -1.34. The summed E-state index contributed by atoms with van der Waals surface area (Å²) < 4.78 is 28.4. The lowest BCUT2D eigenvalue weighted by Gasteiger charge is -2.24. The van der Waals surface area contributed by atoms with Crippen molar-refractivity contribution >= 4 is 17.7 Å². The van der Waals surface area contributed by atoms with Crippen LogP contribution in [-0.2, 0) is 11.2 Å². The fourth-order valence-corrected chi connectivity index (χ4v) is 3.45. The Kier molecular flexibility index (Phi) is 5.05. The van der Waals surface area contributed by atoms with Crippen LogP contribution in [0.4, 0.5) is 8.78 Å². The molecule has 0 bridgehead atoms. The van der Waals surface area contributed by atoms with Crippen molar-refractivity contribution in [1.82, 2.24) is 5.32 Å². The Morgan fingerprint density at radius 3 is 2.71 bits per heavy atom. The molecule has 1 aromatic rings. The standard InChI is InChI=1S/C14H17F2NO3S/c1-14(17-11(8-21-14)12(18)19)7-6-9-2-4-10(5-3-9)20-13(15)16/h2-5,11,13,17H,6-8H2,1H3,(H,18,19). The van der Waals surface area contributed by atoms with Gasteiger partial charge in [0.15, 0.2) is 0 Å². The van der Waals surface area contributed by atoms with Crippen LogP contribution in [0.15, 0.2) is 24.3 Å². The van der Waals surface area contributed by atoms with E-state index in [1.54, 1.807) is 23.9 Å². The van der Waals surface area contributed by atoms with Crippen molar-refractivity contribution in [3.8, 4) is 5.75 Å². The minimum Gasteiger partial charge on any atom is -0.480 e. The van der Waals surface area contributed by atoms with Gasteiger partial charge in [0, 0.05) is 5.75 Å². The minimum atomic E-state index is -2.82. The van der Waals surface area contributed by atoms with Crippen LogP contribution in [0.3, 0.4) is 0 Å². The summed E-state index contributed by atoms with van der Waals surface area (Å²) in [4.78, 5) is 10.7. The molecule has 4 nitrogen and oxygen atoms in total. The maximum Gasteiger partial charge on any atom is 0.387 e. The van der Waals surface area contributed by atoms with Crippen LogP contribution in [-0.4, -0.2) is 34.4 Å². The molecular formula is C14H17F2NO3S. The van der Waals surface area contributed by atoms with Crippen LogP contribution in [0.2, 0.25) is 0 Å². The third-order valence-corrected chi connectivity index (χ3v) is 4.84. The SMILES string of the molecule is CC1(CCc2ccc(OC(F)F)cc2)NC(C(=O)O)CS1. The fraction of sp³-hybridized carbons (Fsp3) is 0.500. The van der Waals surface area contributed by atoms with Crippen molar-refractivity contribution in [3.63, 3.8) is 0 Å². The van der Waals surface area contributed by atoms with Gasteiger partial charge in [0.1, 0.15) is 11.8 Å². The summed E-state index contributed by atoms with van der Waals surface area (Å²) >= 11 is 1.60. The second-order valence-corrected chi connectivity index (χ2v) is 6.62. The molecule has 1 aromatic carbocycles. The maximum absolute atomic E-state index is 12.0. The molecule has 21 heavy (non-hydrogen) atoms. The van der Waals surface area contributed by atoms with Gasteiger partial charge in [-0.05, 0) is 37.5 Å². The third kappa shape index (κ3) is 4.57. The first-order valence-corrected chi connectivity index (χ1v) is 7.55. The highest BCUT2D eigenvalue weighted by atomic mass is 32.2. The number of carboxylic acids is 1. The van der Waals surface area contributed by atoms with Crippen LogP contribution in [0.5, 0.6) is 5.75 Å². The number of aliphatic carboxylic acids is 1. The van der Waals surface area contributed by atoms with Crippen molar-refractivity contribution in [2.24, 2.45) is 0 Å². The number of aryl methyl sites for hydroxylation is 1. The zero-order valence-electron chi connectivity index (χ0n) is 11.5. The predicted molar refractivity (Wildman–Crippen MR) is 76.8 cm³/mol. The number of hydrogen-bond acceptors (Lipinski definition) is 4. The molecule has 116 valence electrons. The number of nitrogens with one attached hydrogen (secondary N) is 1. The number of ether oxygens (including phenoxy) is 1. The Bertz CT molecular complexity index is 497. The molecule has 0 radical (unpaired) electrons. The van der Waals surface area contributed by atoms with E-state index < -0.39 is 18.6 Å². The van der Waals surface area contributed by atoms with E-state index >= 15 is 0 Å². The first-order chi connectivity index (χ1) is 9.88. The highest BCUT2D eigenvalue weighted by molar-refractivity contribution is 8.00. The van der Waals surface area contributed by atoms with Crippen LogP contribution in [0, 0.1) is 0 Å². The smallest absolute Gasteiger partial charge is 0.387 e. The molecule has 2 unspecified atom stereocenters. The number of hydrogen-bond donors (Lipinski definition) is 2. The van der Waals surface area contributed by atoms with Crippen molar-refractivity contribution in [3.05, 3.63) is 29.8 Å². The molecule has 0 amide bonds. The van der Waals surface area contributed by atoms with E-state index in [-0.39, 0.29) is 10.6 Å². The van der Waals surface area contributed by atoms with E-state index in [0.29, 0.717) is 5.75 Å². The van der Waals surface area contributed by atoms with E-state index in [4.69, 9.17) is 5.11 Å². The second kappa shape index (κ2) is 6.62. The van der Waals surface area contributed by atoms with Crippen molar-refractivity contribution < 1.29 is 23.4 Å². The van der Waals surface area contributed by atoms with Crippen molar-refractivity contribution in [2.75, 3.05) is 5.75 Å². The van der Waals surface area contributed by atoms with E-state index in [9.17, 15) is 13.6 Å². The lowest BCUT2D eigenvalue weighted by molar-refractivity contribution is -0.138. The normalized spacial score (nSPS) is 25.2. The van der Waals surface area contributed by atoms with Gasteiger partial charge < -0.3 is 9.84 Å². The van der Waals surface area contributed by atoms with Gasteiger partial charge in [0.25, 0.3) is 0 Å². The highest BCUT2D eigenvalue weighted by Crippen LogP contribution is 2.34. The Morgan fingerprint density at radius 2 is 2.19 bits per heavy atom. The van der Waals surface area contributed by atoms with Crippen molar-refractivity contribution in [1.29, 1.82) is 0 Å². The molecule has 1 fully saturated rings. The molecular weight excluding hydrogens is 300 g/mol. The average molecular weight is 317 g/mol. The van der Waals surface area contributed by atoms with Gasteiger partial charge in [0.2, 0.25) is 0 Å². The number of carbonyl (C=O) groups is 1. The number of rotatable bonds is 6. The van der Waals surface area contributed by atoms with E-state index in [1.165, 1.54) is 12.1 Å². The largest absolute Gasteiger partial charge is 0.480 e. The highest BCUT2D eigenvalue weighted by Gasteiger charge is 2.37. The van der Waals surface area contributed by atoms with E-state index in [1.807, 2.05) is 6.92 Å². The molecule has 0 saturated carbocycles. The Labute approximate surface area is 125 Å². The van der Waals surface area contributed by atoms with Crippen LogP contribution in [0.1, 0.15) is 18.9 Å². The van der Waals surface area contributed by atoms with E-state index in [2.05, 4.69) is 10.1 Å². The molecule has 2 N–H and O–H groups in total. The number of carboxylic acid groups (broad SMARTS) is 1. The number of halogens is 2. The molecule has 0 aliphatic carbocycles. The summed E-state index contributed by atoms with van der Waals surface area (Å²) in [6.07, 6.45) is 1.49.